The molecule has 1 fully saturated rings. The number of anilines is 1. The standard InChI is InChI=1S/C17H27ClN2O/c1-3-9-19-12-14-11-15(18)7-8-17(14)20(4-2)13-16-6-5-10-21-16/h7-8,11,16,19H,3-6,9-10,12-13H2,1-2H3. The molecule has 1 aromatic rings. The molecule has 0 aliphatic carbocycles. The van der Waals surface area contributed by atoms with Crippen molar-refractivity contribution >= 4 is 17.3 Å². The van der Waals surface area contributed by atoms with E-state index in [9.17, 15) is 0 Å². The molecule has 3 nitrogen and oxygen atoms in total. The van der Waals surface area contributed by atoms with Crippen molar-refractivity contribution < 1.29 is 4.74 Å². The maximum absolute atomic E-state index is 6.18. The quantitative estimate of drug-likeness (QED) is 0.738. The highest BCUT2D eigenvalue weighted by molar-refractivity contribution is 6.30. The van der Waals surface area contributed by atoms with Crippen molar-refractivity contribution in [2.75, 3.05) is 31.1 Å². The van der Waals surface area contributed by atoms with Gasteiger partial charge in [0.25, 0.3) is 0 Å². The van der Waals surface area contributed by atoms with Crippen molar-refractivity contribution in [3.8, 4) is 0 Å². The van der Waals surface area contributed by atoms with Gasteiger partial charge < -0.3 is 15.0 Å². The van der Waals surface area contributed by atoms with E-state index in [4.69, 9.17) is 16.3 Å². The van der Waals surface area contributed by atoms with Gasteiger partial charge in [0.05, 0.1) is 6.10 Å². The number of nitrogens with one attached hydrogen (secondary N) is 1. The van der Waals surface area contributed by atoms with Crippen LogP contribution < -0.4 is 10.2 Å². The van der Waals surface area contributed by atoms with E-state index in [1.807, 2.05) is 6.07 Å². The molecular formula is C17H27ClN2O. The number of hydrogen-bond acceptors (Lipinski definition) is 3. The lowest BCUT2D eigenvalue weighted by atomic mass is 10.1. The number of likely N-dealkylation sites (N-methyl/N-ethyl adjacent to an activating group) is 1. The van der Waals surface area contributed by atoms with Gasteiger partial charge in [-0.05, 0) is 56.5 Å². The third kappa shape index (κ3) is 4.87. The molecule has 4 heteroatoms. The molecule has 1 aromatic carbocycles. The minimum absolute atomic E-state index is 0.372. The van der Waals surface area contributed by atoms with Gasteiger partial charge >= 0.3 is 0 Å². The Morgan fingerprint density at radius 1 is 1.38 bits per heavy atom. The first-order valence-electron chi connectivity index (χ1n) is 8.10. The van der Waals surface area contributed by atoms with E-state index in [1.165, 1.54) is 24.1 Å². The summed E-state index contributed by atoms with van der Waals surface area (Å²) in [6.45, 7) is 9.15. The SMILES string of the molecule is CCCNCc1cc(Cl)ccc1N(CC)CC1CCCO1. The van der Waals surface area contributed by atoms with Crippen LogP contribution in [0.1, 0.15) is 38.7 Å². The van der Waals surface area contributed by atoms with E-state index in [0.717, 1.165) is 44.2 Å². The zero-order valence-corrected chi connectivity index (χ0v) is 14.0. The molecule has 1 atom stereocenters. The summed E-state index contributed by atoms with van der Waals surface area (Å²) in [5.74, 6) is 0. The van der Waals surface area contributed by atoms with Crippen LogP contribution in [0.15, 0.2) is 18.2 Å². The van der Waals surface area contributed by atoms with Gasteiger partial charge in [0.2, 0.25) is 0 Å². The minimum Gasteiger partial charge on any atom is -0.376 e. The number of rotatable bonds is 8. The van der Waals surface area contributed by atoms with Crippen LogP contribution in [0.2, 0.25) is 5.02 Å². The molecule has 1 aliphatic heterocycles. The van der Waals surface area contributed by atoms with Crippen molar-refractivity contribution in [2.45, 2.75) is 45.8 Å². The molecule has 118 valence electrons. The second-order valence-corrected chi connectivity index (χ2v) is 6.06. The van der Waals surface area contributed by atoms with Crippen molar-refractivity contribution in [1.82, 2.24) is 5.32 Å². The Labute approximate surface area is 133 Å². The summed E-state index contributed by atoms with van der Waals surface area (Å²) >= 11 is 6.18. The third-order valence-corrected chi connectivity index (χ3v) is 4.19. The van der Waals surface area contributed by atoms with Gasteiger partial charge in [-0.3, -0.25) is 0 Å². The van der Waals surface area contributed by atoms with Crippen molar-refractivity contribution in [1.29, 1.82) is 0 Å². The maximum Gasteiger partial charge on any atom is 0.0750 e. The minimum atomic E-state index is 0.372. The fraction of sp³-hybridized carbons (Fsp3) is 0.647. The van der Waals surface area contributed by atoms with E-state index in [-0.39, 0.29) is 0 Å². The van der Waals surface area contributed by atoms with Gasteiger partial charge in [-0.2, -0.15) is 0 Å². The van der Waals surface area contributed by atoms with Crippen LogP contribution in [0.4, 0.5) is 5.69 Å². The Morgan fingerprint density at radius 3 is 2.90 bits per heavy atom. The summed E-state index contributed by atoms with van der Waals surface area (Å²) < 4.78 is 5.79. The lowest BCUT2D eigenvalue weighted by Crippen LogP contribution is -2.33. The van der Waals surface area contributed by atoms with Crippen LogP contribution >= 0.6 is 11.6 Å². The van der Waals surface area contributed by atoms with Crippen LogP contribution in [-0.2, 0) is 11.3 Å². The zero-order chi connectivity index (χ0) is 15.1. The third-order valence-electron chi connectivity index (χ3n) is 3.95. The number of halogens is 1. The van der Waals surface area contributed by atoms with Crippen molar-refractivity contribution in [3.05, 3.63) is 28.8 Å². The predicted octanol–water partition coefficient (Wildman–Crippen LogP) is 3.84. The lowest BCUT2D eigenvalue weighted by molar-refractivity contribution is 0.115. The lowest BCUT2D eigenvalue weighted by Gasteiger charge is -2.28. The van der Waals surface area contributed by atoms with Crippen LogP contribution in [0.25, 0.3) is 0 Å². The predicted molar refractivity (Wildman–Crippen MR) is 90.3 cm³/mol. The topological polar surface area (TPSA) is 24.5 Å². The molecule has 0 amide bonds. The van der Waals surface area contributed by atoms with E-state index in [0.29, 0.717) is 6.10 Å². The molecule has 0 saturated carbocycles. The molecular weight excluding hydrogens is 284 g/mol. The summed E-state index contributed by atoms with van der Waals surface area (Å²) in [5.41, 5.74) is 2.55. The van der Waals surface area contributed by atoms with Crippen LogP contribution in [-0.4, -0.2) is 32.3 Å². The number of hydrogen-bond donors (Lipinski definition) is 1. The van der Waals surface area contributed by atoms with Gasteiger partial charge in [0.15, 0.2) is 0 Å². The fourth-order valence-electron chi connectivity index (χ4n) is 2.84. The van der Waals surface area contributed by atoms with Crippen molar-refractivity contribution in [2.24, 2.45) is 0 Å². The van der Waals surface area contributed by atoms with Gasteiger partial charge in [-0.15, -0.1) is 0 Å². The molecule has 0 spiro atoms. The summed E-state index contributed by atoms with van der Waals surface area (Å²) in [7, 11) is 0. The van der Waals surface area contributed by atoms with E-state index in [2.05, 4.69) is 36.2 Å². The largest absolute Gasteiger partial charge is 0.376 e. The summed E-state index contributed by atoms with van der Waals surface area (Å²) in [6.07, 6.45) is 3.88. The Bertz CT molecular complexity index is 433. The summed E-state index contributed by atoms with van der Waals surface area (Å²) in [5, 5.41) is 4.28. The molecule has 1 heterocycles. The fourth-order valence-corrected chi connectivity index (χ4v) is 3.03. The second-order valence-electron chi connectivity index (χ2n) is 5.62. The van der Waals surface area contributed by atoms with Crippen LogP contribution in [0.3, 0.4) is 0 Å². The first-order valence-corrected chi connectivity index (χ1v) is 8.48. The Kier molecular flexibility index (Phi) is 6.81. The Morgan fingerprint density at radius 2 is 2.24 bits per heavy atom. The molecule has 1 N–H and O–H groups in total. The van der Waals surface area contributed by atoms with Gasteiger partial charge in [-0.25, -0.2) is 0 Å². The summed E-state index contributed by atoms with van der Waals surface area (Å²) in [6, 6.07) is 6.21. The molecule has 1 unspecified atom stereocenters. The van der Waals surface area contributed by atoms with Crippen LogP contribution in [0, 0.1) is 0 Å². The smallest absolute Gasteiger partial charge is 0.0750 e. The molecule has 0 bridgehead atoms. The van der Waals surface area contributed by atoms with Crippen molar-refractivity contribution in [3.63, 3.8) is 0 Å². The monoisotopic (exact) mass is 310 g/mol. The molecule has 0 aromatic heterocycles. The van der Waals surface area contributed by atoms with Gasteiger partial charge in [0.1, 0.15) is 0 Å². The average Bonchev–Trinajstić information content (AvgIpc) is 2.99. The molecule has 0 radical (unpaired) electrons. The van der Waals surface area contributed by atoms with Gasteiger partial charge in [-0.1, -0.05) is 18.5 Å². The normalized spacial score (nSPS) is 18.1. The van der Waals surface area contributed by atoms with Crippen LogP contribution in [0.5, 0.6) is 0 Å². The van der Waals surface area contributed by atoms with E-state index in [1.54, 1.807) is 0 Å². The van der Waals surface area contributed by atoms with E-state index < -0.39 is 0 Å². The molecule has 1 saturated heterocycles. The highest BCUT2D eigenvalue weighted by atomic mass is 35.5. The second kappa shape index (κ2) is 8.62. The number of nitrogens with zero attached hydrogens (tertiary/aromatic N) is 1. The number of benzene rings is 1. The zero-order valence-electron chi connectivity index (χ0n) is 13.2. The summed E-state index contributed by atoms with van der Waals surface area (Å²) in [4.78, 5) is 2.41. The molecule has 21 heavy (non-hydrogen) atoms. The molecule has 2 rings (SSSR count). The molecule has 1 aliphatic rings. The highest BCUT2D eigenvalue weighted by Crippen LogP contribution is 2.26. The maximum atomic E-state index is 6.18. The highest BCUT2D eigenvalue weighted by Gasteiger charge is 2.20. The van der Waals surface area contributed by atoms with E-state index >= 15 is 0 Å². The first-order chi connectivity index (χ1) is 10.2. The van der Waals surface area contributed by atoms with Gasteiger partial charge in [0, 0.05) is 37.0 Å². The Balaban J connectivity index is 2.10. The average molecular weight is 311 g/mol. The first kappa shape index (κ1) is 16.6. The number of ether oxygens (including phenoxy) is 1. The Hall–Kier alpha value is -0.770.